The van der Waals surface area contributed by atoms with E-state index >= 15 is 0 Å². The maximum absolute atomic E-state index is 9.79. The quantitative estimate of drug-likeness (QED) is 0.908. The molecule has 3 nitrogen and oxygen atoms in total. The van der Waals surface area contributed by atoms with Crippen molar-refractivity contribution >= 4 is 10.8 Å². The molecule has 0 aromatic heterocycles. The van der Waals surface area contributed by atoms with Gasteiger partial charge in [-0.3, -0.25) is 0 Å². The van der Waals surface area contributed by atoms with Crippen LogP contribution in [0.2, 0.25) is 0 Å². The van der Waals surface area contributed by atoms with Crippen molar-refractivity contribution in [2.24, 2.45) is 0 Å². The zero-order chi connectivity index (χ0) is 13.9. The molecule has 1 N–H and O–H groups in total. The molecular weight excluding hydrogens is 252 g/mol. The lowest BCUT2D eigenvalue weighted by Crippen LogP contribution is -2.55. The van der Waals surface area contributed by atoms with E-state index in [0.29, 0.717) is 13.0 Å². The molecule has 0 aliphatic heterocycles. The van der Waals surface area contributed by atoms with E-state index in [1.807, 2.05) is 24.3 Å². The zero-order valence-corrected chi connectivity index (χ0v) is 11.7. The fraction of sp³-hybridized carbons (Fsp3) is 0.412. The Kier molecular flexibility index (Phi) is 3.90. The first-order chi connectivity index (χ1) is 9.79. The number of aliphatic hydroxyl groups excluding tert-OH is 1. The Morgan fingerprint density at radius 2 is 1.95 bits per heavy atom. The van der Waals surface area contributed by atoms with Crippen LogP contribution in [-0.2, 0) is 4.74 Å². The van der Waals surface area contributed by atoms with E-state index in [-0.39, 0.29) is 12.2 Å². The van der Waals surface area contributed by atoms with Crippen LogP contribution in [0, 0.1) is 0 Å². The van der Waals surface area contributed by atoms with Crippen LogP contribution in [0.15, 0.2) is 42.5 Å². The maximum atomic E-state index is 9.79. The van der Waals surface area contributed by atoms with Gasteiger partial charge in [-0.25, -0.2) is 0 Å². The summed E-state index contributed by atoms with van der Waals surface area (Å²) < 4.78 is 11.7. The molecule has 0 heterocycles. The molecule has 3 rings (SSSR count). The molecule has 1 saturated carbocycles. The molecule has 2 aromatic rings. The van der Waals surface area contributed by atoms with Crippen molar-refractivity contribution in [3.05, 3.63) is 42.5 Å². The molecule has 3 unspecified atom stereocenters. The van der Waals surface area contributed by atoms with E-state index in [1.54, 1.807) is 0 Å². The Bertz CT molecular complexity index is 576. The smallest absolute Gasteiger partial charge is 0.130 e. The molecule has 3 heteroatoms. The maximum Gasteiger partial charge on any atom is 0.130 e. The predicted octanol–water partition coefficient (Wildman–Crippen LogP) is 3.15. The second-order valence-electron chi connectivity index (χ2n) is 5.27. The summed E-state index contributed by atoms with van der Waals surface area (Å²) in [5.74, 6) is 0.866. The van der Waals surface area contributed by atoms with Crippen molar-refractivity contribution in [3.8, 4) is 5.75 Å². The first kappa shape index (κ1) is 13.4. The summed E-state index contributed by atoms with van der Waals surface area (Å²) >= 11 is 0. The Morgan fingerprint density at radius 1 is 1.15 bits per heavy atom. The normalized spacial score (nSPS) is 25.4. The van der Waals surface area contributed by atoms with E-state index in [2.05, 4.69) is 25.1 Å². The van der Waals surface area contributed by atoms with Gasteiger partial charge in [0.25, 0.3) is 0 Å². The molecular formula is C17H20O3. The summed E-state index contributed by atoms with van der Waals surface area (Å²) in [6.07, 6.45) is 0.930. The summed E-state index contributed by atoms with van der Waals surface area (Å²) in [4.78, 5) is 0. The molecule has 0 bridgehead atoms. The van der Waals surface area contributed by atoms with Crippen LogP contribution in [0.5, 0.6) is 5.75 Å². The lowest BCUT2D eigenvalue weighted by Gasteiger charge is -2.41. The molecule has 0 saturated heterocycles. The van der Waals surface area contributed by atoms with Crippen LogP contribution in [0.4, 0.5) is 0 Å². The molecule has 1 fully saturated rings. The first-order valence-corrected chi connectivity index (χ1v) is 7.23. The number of hydrogen-bond acceptors (Lipinski definition) is 3. The Balaban J connectivity index is 1.76. The third-order valence-electron chi connectivity index (χ3n) is 3.76. The second kappa shape index (κ2) is 5.81. The SMILES string of the molecule is CCCOC1C(O)CC1Oc1cccc2ccccc12. The number of rotatable bonds is 5. The van der Waals surface area contributed by atoms with Gasteiger partial charge in [0.1, 0.15) is 18.0 Å². The summed E-state index contributed by atoms with van der Waals surface area (Å²) in [5, 5.41) is 12.1. The Labute approximate surface area is 119 Å². The summed E-state index contributed by atoms with van der Waals surface area (Å²) in [7, 11) is 0. The highest BCUT2D eigenvalue weighted by Gasteiger charge is 2.42. The average molecular weight is 272 g/mol. The van der Waals surface area contributed by atoms with Gasteiger partial charge in [0.15, 0.2) is 0 Å². The molecule has 0 radical (unpaired) electrons. The van der Waals surface area contributed by atoms with Crippen LogP contribution >= 0.6 is 0 Å². The average Bonchev–Trinajstić information content (AvgIpc) is 2.47. The Morgan fingerprint density at radius 3 is 2.75 bits per heavy atom. The molecule has 106 valence electrons. The molecule has 20 heavy (non-hydrogen) atoms. The summed E-state index contributed by atoms with van der Waals surface area (Å²) in [6.45, 7) is 2.72. The molecule has 2 aromatic carbocycles. The van der Waals surface area contributed by atoms with Gasteiger partial charge in [0.2, 0.25) is 0 Å². The molecule has 3 atom stereocenters. The van der Waals surface area contributed by atoms with E-state index in [9.17, 15) is 5.11 Å². The van der Waals surface area contributed by atoms with Crippen LogP contribution in [-0.4, -0.2) is 30.0 Å². The van der Waals surface area contributed by atoms with E-state index in [4.69, 9.17) is 9.47 Å². The molecule has 1 aliphatic rings. The minimum atomic E-state index is -0.401. The highest BCUT2D eigenvalue weighted by Crippen LogP contribution is 2.32. The first-order valence-electron chi connectivity index (χ1n) is 7.23. The van der Waals surface area contributed by atoms with Crippen LogP contribution in [0.25, 0.3) is 10.8 Å². The van der Waals surface area contributed by atoms with Gasteiger partial charge >= 0.3 is 0 Å². The van der Waals surface area contributed by atoms with E-state index < -0.39 is 6.10 Å². The summed E-state index contributed by atoms with van der Waals surface area (Å²) in [5.41, 5.74) is 0. The highest BCUT2D eigenvalue weighted by atomic mass is 16.6. The number of hydrogen-bond donors (Lipinski definition) is 1. The number of ether oxygens (including phenoxy) is 2. The van der Waals surface area contributed by atoms with Crippen molar-refractivity contribution in [3.63, 3.8) is 0 Å². The van der Waals surface area contributed by atoms with Gasteiger partial charge in [-0.2, -0.15) is 0 Å². The molecule has 0 spiro atoms. The van der Waals surface area contributed by atoms with Gasteiger partial charge in [-0.1, -0.05) is 43.3 Å². The van der Waals surface area contributed by atoms with Gasteiger partial charge in [-0.05, 0) is 17.9 Å². The standard InChI is InChI=1S/C17H20O3/c1-2-10-19-17-14(18)11-16(17)20-15-9-5-7-12-6-3-4-8-13(12)15/h3-9,14,16-18H,2,10-11H2,1H3. The van der Waals surface area contributed by atoms with Crippen molar-refractivity contribution in [2.75, 3.05) is 6.61 Å². The monoisotopic (exact) mass is 272 g/mol. The van der Waals surface area contributed by atoms with Crippen molar-refractivity contribution in [2.45, 2.75) is 38.1 Å². The van der Waals surface area contributed by atoms with Gasteiger partial charge in [-0.15, -0.1) is 0 Å². The lowest BCUT2D eigenvalue weighted by molar-refractivity contribution is -0.162. The fourth-order valence-electron chi connectivity index (χ4n) is 2.61. The van der Waals surface area contributed by atoms with Crippen LogP contribution < -0.4 is 4.74 Å². The number of fused-ring (bicyclic) bond motifs is 1. The van der Waals surface area contributed by atoms with Crippen LogP contribution in [0.3, 0.4) is 0 Å². The van der Waals surface area contributed by atoms with E-state index in [1.165, 1.54) is 0 Å². The summed E-state index contributed by atoms with van der Waals surface area (Å²) in [6, 6.07) is 14.2. The highest BCUT2D eigenvalue weighted by molar-refractivity contribution is 5.88. The van der Waals surface area contributed by atoms with Crippen LogP contribution in [0.1, 0.15) is 19.8 Å². The van der Waals surface area contributed by atoms with E-state index in [0.717, 1.165) is 22.9 Å². The second-order valence-corrected chi connectivity index (χ2v) is 5.27. The van der Waals surface area contributed by atoms with Crippen molar-refractivity contribution < 1.29 is 14.6 Å². The molecule has 1 aliphatic carbocycles. The van der Waals surface area contributed by atoms with Gasteiger partial charge in [0, 0.05) is 18.4 Å². The zero-order valence-electron chi connectivity index (χ0n) is 11.7. The molecule has 0 amide bonds. The Hall–Kier alpha value is -1.58. The topological polar surface area (TPSA) is 38.7 Å². The van der Waals surface area contributed by atoms with Gasteiger partial charge < -0.3 is 14.6 Å². The minimum Gasteiger partial charge on any atom is -0.487 e. The number of aliphatic hydroxyl groups is 1. The fourth-order valence-corrected chi connectivity index (χ4v) is 2.61. The van der Waals surface area contributed by atoms with Crippen molar-refractivity contribution in [1.82, 2.24) is 0 Å². The minimum absolute atomic E-state index is 0.0534. The predicted molar refractivity (Wildman–Crippen MR) is 79.0 cm³/mol. The largest absolute Gasteiger partial charge is 0.487 e. The lowest BCUT2D eigenvalue weighted by atomic mass is 9.88. The number of benzene rings is 2. The third-order valence-corrected chi connectivity index (χ3v) is 3.76. The van der Waals surface area contributed by atoms with Crippen molar-refractivity contribution in [1.29, 1.82) is 0 Å². The third kappa shape index (κ3) is 2.51. The van der Waals surface area contributed by atoms with Gasteiger partial charge in [0.05, 0.1) is 6.10 Å².